The molecule has 1 aliphatic heterocycles. The van der Waals surface area contributed by atoms with Crippen LogP contribution in [0.15, 0.2) is 5.38 Å². The van der Waals surface area contributed by atoms with Crippen molar-refractivity contribution in [1.82, 2.24) is 0 Å². The summed E-state index contributed by atoms with van der Waals surface area (Å²) in [5.41, 5.74) is 2.32. The molecule has 1 fully saturated rings. The molecule has 1 aromatic rings. The Hall–Kier alpha value is -0.315. The predicted molar refractivity (Wildman–Crippen MR) is 76.7 cm³/mol. The molecule has 0 bridgehead atoms. The van der Waals surface area contributed by atoms with Gasteiger partial charge in [-0.05, 0) is 69.8 Å². The molecule has 0 spiro atoms. The maximum atomic E-state index is 6.16. The molecule has 0 amide bonds. The molecule has 0 aromatic carbocycles. The minimum Gasteiger partial charge on any atom is -0.399 e. The summed E-state index contributed by atoms with van der Waals surface area (Å²) in [6, 6.07) is 0. The number of fused-ring (bicyclic) bond motifs is 1. The van der Waals surface area contributed by atoms with Gasteiger partial charge in [-0.1, -0.05) is 0 Å². The normalized spacial score (nSPS) is 25.2. The Morgan fingerprint density at radius 1 is 1.06 bits per heavy atom. The topological polar surface area (TPSA) is 18.5 Å². The van der Waals surface area contributed by atoms with Crippen molar-refractivity contribution >= 4 is 23.9 Å². The molecule has 0 unspecified atom stereocenters. The first-order valence-electron chi connectivity index (χ1n) is 6.85. The second-order valence-corrected chi connectivity index (χ2v) is 7.35. The van der Waals surface area contributed by atoms with Crippen molar-refractivity contribution in [2.75, 3.05) is 0 Å². The molecule has 3 rings (SSSR count). The predicted octanol–water partition coefficient (Wildman–Crippen LogP) is 2.93. The summed E-state index contributed by atoms with van der Waals surface area (Å²) in [6.07, 6.45) is 5.06. The van der Waals surface area contributed by atoms with Gasteiger partial charge in [0, 0.05) is 4.88 Å². The molecule has 0 saturated carbocycles. The summed E-state index contributed by atoms with van der Waals surface area (Å²) in [4.78, 5) is 1.55. The van der Waals surface area contributed by atoms with E-state index < -0.39 is 0 Å². The zero-order valence-corrected chi connectivity index (χ0v) is 12.5. The van der Waals surface area contributed by atoms with Crippen molar-refractivity contribution in [1.29, 1.82) is 0 Å². The van der Waals surface area contributed by atoms with Crippen molar-refractivity contribution in [3.63, 3.8) is 0 Å². The van der Waals surface area contributed by atoms with Gasteiger partial charge in [0.1, 0.15) is 0 Å². The summed E-state index contributed by atoms with van der Waals surface area (Å²) < 4.78 is 12.3. The molecule has 1 aromatic heterocycles. The van der Waals surface area contributed by atoms with Crippen LogP contribution in [-0.2, 0) is 22.2 Å². The fourth-order valence-corrected chi connectivity index (χ4v) is 3.83. The molecular weight excluding hydrogens is 243 g/mol. The van der Waals surface area contributed by atoms with Gasteiger partial charge in [0.25, 0.3) is 0 Å². The summed E-state index contributed by atoms with van der Waals surface area (Å²) >= 11 is 1.88. The van der Waals surface area contributed by atoms with Crippen LogP contribution in [0.4, 0.5) is 0 Å². The second-order valence-electron chi connectivity index (χ2n) is 6.39. The van der Waals surface area contributed by atoms with Crippen molar-refractivity contribution in [2.24, 2.45) is 0 Å². The Balaban J connectivity index is 1.91. The molecule has 1 aliphatic carbocycles. The van der Waals surface area contributed by atoms with E-state index in [0.717, 1.165) is 0 Å². The fraction of sp³-hybridized carbons (Fsp3) is 0.714. The zero-order chi connectivity index (χ0) is 13.0. The van der Waals surface area contributed by atoms with Crippen LogP contribution < -0.4 is 5.46 Å². The SMILES string of the molecule is CC1(C)OB(c2csc3c2CCCC3)OC1(C)C. The molecule has 1 saturated heterocycles. The molecule has 0 N–H and O–H groups in total. The molecule has 4 heteroatoms. The molecular formula is C14H21BO2S. The Morgan fingerprint density at radius 3 is 2.33 bits per heavy atom. The van der Waals surface area contributed by atoms with Gasteiger partial charge in [0.15, 0.2) is 0 Å². The molecule has 98 valence electrons. The minimum atomic E-state index is -0.235. The average Bonchev–Trinajstić information content (AvgIpc) is 2.78. The van der Waals surface area contributed by atoms with Crippen molar-refractivity contribution < 1.29 is 9.31 Å². The van der Waals surface area contributed by atoms with Crippen LogP contribution >= 0.6 is 11.3 Å². The third-order valence-electron chi connectivity index (χ3n) is 4.60. The standard InChI is InChI=1S/C14H21BO2S/c1-13(2)14(3,4)17-15(16-13)11-9-18-12-8-6-5-7-10(11)12/h9H,5-8H2,1-4H3. The first-order valence-corrected chi connectivity index (χ1v) is 7.73. The highest BCUT2D eigenvalue weighted by molar-refractivity contribution is 7.11. The average molecular weight is 264 g/mol. The van der Waals surface area contributed by atoms with E-state index in [-0.39, 0.29) is 18.3 Å². The molecule has 2 nitrogen and oxygen atoms in total. The van der Waals surface area contributed by atoms with E-state index in [1.54, 1.807) is 4.88 Å². The lowest BCUT2D eigenvalue weighted by atomic mass is 9.75. The largest absolute Gasteiger partial charge is 0.495 e. The molecule has 0 radical (unpaired) electrons. The van der Waals surface area contributed by atoms with Gasteiger partial charge in [-0.3, -0.25) is 0 Å². The number of rotatable bonds is 1. The molecule has 18 heavy (non-hydrogen) atoms. The highest BCUT2D eigenvalue weighted by Crippen LogP contribution is 2.37. The number of hydrogen-bond acceptors (Lipinski definition) is 3. The first kappa shape index (κ1) is 12.7. The van der Waals surface area contributed by atoms with Gasteiger partial charge in [-0.25, -0.2) is 0 Å². The van der Waals surface area contributed by atoms with Crippen LogP contribution in [0.1, 0.15) is 51.0 Å². The third kappa shape index (κ3) is 1.86. The van der Waals surface area contributed by atoms with Crippen LogP contribution in [0.3, 0.4) is 0 Å². The fourth-order valence-electron chi connectivity index (χ4n) is 2.69. The van der Waals surface area contributed by atoms with E-state index in [1.165, 1.54) is 36.7 Å². The highest BCUT2D eigenvalue weighted by Gasteiger charge is 2.52. The van der Waals surface area contributed by atoms with Gasteiger partial charge in [0.05, 0.1) is 11.2 Å². The summed E-state index contributed by atoms with van der Waals surface area (Å²) in [6.45, 7) is 8.47. The molecule has 0 atom stereocenters. The van der Waals surface area contributed by atoms with Crippen molar-refractivity contribution in [2.45, 2.75) is 64.6 Å². The van der Waals surface area contributed by atoms with Crippen molar-refractivity contribution in [3.05, 3.63) is 15.8 Å². The monoisotopic (exact) mass is 264 g/mol. The minimum absolute atomic E-state index is 0.173. The number of thiophene rings is 1. The van der Waals surface area contributed by atoms with Gasteiger partial charge in [-0.2, -0.15) is 0 Å². The lowest BCUT2D eigenvalue weighted by Crippen LogP contribution is -2.41. The lowest BCUT2D eigenvalue weighted by molar-refractivity contribution is 0.00578. The van der Waals surface area contributed by atoms with Crippen LogP contribution in [0, 0.1) is 0 Å². The lowest BCUT2D eigenvalue weighted by Gasteiger charge is -2.32. The summed E-state index contributed by atoms with van der Waals surface area (Å²) in [5.74, 6) is 0. The van der Waals surface area contributed by atoms with Crippen LogP contribution in [0.2, 0.25) is 0 Å². The Bertz CT molecular complexity index is 448. The van der Waals surface area contributed by atoms with Gasteiger partial charge in [0.2, 0.25) is 0 Å². The van der Waals surface area contributed by atoms with Crippen LogP contribution in [0.5, 0.6) is 0 Å². The number of hydrogen-bond donors (Lipinski definition) is 0. The zero-order valence-electron chi connectivity index (χ0n) is 11.7. The van der Waals surface area contributed by atoms with Crippen molar-refractivity contribution in [3.8, 4) is 0 Å². The van der Waals surface area contributed by atoms with E-state index in [1.807, 2.05) is 11.3 Å². The van der Waals surface area contributed by atoms with Gasteiger partial charge in [-0.15, -0.1) is 11.3 Å². The Morgan fingerprint density at radius 2 is 1.67 bits per heavy atom. The first-order chi connectivity index (χ1) is 8.41. The van der Waals surface area contributed by atoms with Crippen LogP contribution in [0.25, 0.3) is 0 Å². The van der Waals surface area contributed by atoms with E-state index in [2.05, 4.69) is 33.1 Å². The van der Waals surface area contributed by atoms with Crippen LogP contribution in [-0.4, -0.2) is 18.3 Å². The Labute approximate surface area is 114 Å². The maximum absolute atomic E-state index is 6.16. The third-order valence-corrected chi connectivity index (χ3v) is 5.71. The quantitative estimate of drug-likeness (QED) is 0.726. The smallest absolute Gasteiger partial charge is 0.399 e. The van der Waals surface area contributed by atoms with E-state index in [4.69, 9.17) is 9.31 Å². The summed E-state index contributed by atoms with van der Waals surface area (Å²) in [5, 5.41) is 2.25. The summed E-state index contributed by atoms with van der Waals surface area (Å²) in [7, 11) is -0.173. The number of aryl methyl sites for hydroxylation is 1. The second kappa shape index (κ2) is 4.09. The van der Waals surface area contributed by atoms with E-state index in [9.17, 15) is 0 Å². The Kier molecular flexibility index (Phi) is 2.89. The molecule has 2 aliphatic rings. The maximum Gasteiger partial charge on any atom is 0.495 e. The highest BCUT2D eigenvalue weighted by atomic mass is 32.1. The molecule has 2 heterocycles. The van der Waals surface area contributed by atoms with Gasteiger partial charge >= 0.3 is 7.12 Å². The van der Waals surface area contributed by atoms with E-state index >= 15 is 0 Å². The van der Waals surface area contributed by atoms with E-state index in [0.29, 0.717) is 0 Å². The van der Waals surface area contributed by atoms with Gasteiger partial charge < -0.3 is 9.31 Å².